The molecule has 0 aromatic carbocycles. The summed E-state index contributed by atoms with van der Waals surface area (Å²) in [5, 5.41) is 0. The monoisotopic (exact) mass is 226 g/mol. The SMILES string of the molecule is CC1CCC(C)N(C(=O)[C@@H](N)C(C)(C)C)C1. The fourth-order valence-electron chi connectivity index (χ4n) is 2.14. The number of hydrogen-bond donors (Lipinski definition) is 1. The molecule has 1 aliphatic heterocycles. The maximum Gasteiger partial charge on any atom is 0.240 e. The quantitative estimate of drug-likeness (QED) is 0.743. The van der Waals surface area contributed by atoms with Gasteiger partial charge in [0.2, 0.25) is 5.91 Å². The molecule has 0 saturated carbocycles. The van der Waals surface area contributed by atoms with Crippen molar-refractivity contribution < 1.29 is 4.79 Å². The molecule has 0 spiro atoms. The molecule has 3 nitrogen and oxygen atoms in total. The van der Waals surface area contributed by atoms with Gasteiger partial charge in [0, 0.05) is 12.6 Å². The average molecular weight is 226 g/mol. The average Bonchev–Trinajstić information content (AvgIpc) is 2.18. The molecule has 1 fully saturated rings. The van der Waals surface area contributed by atoms with E-state index in [9.17, 15) is 4.79 Å². The maximum atomic E-state index is 12.3. The first kappa shape index (κ1) is 13.5. The number of rotatable bonds is 1. The number of likely N-dealkylation sites (tertiary alicyclic amines) is 1. The Hall–Kier alpha value is -0.570. The highest BCUT2D eigenvalue weighted by atomic mass is 16.2. The van der Waals surface area contributed by atoms with Crippen molar-refractivity contribution in [3.8, 4) is 0 Å². The first-order valence-corrected chi connectivity index (χ1v) is 6.29. The lowest BCUT2D eigenvalue weighted by molar-refractivity contribution is -0.139. The van der Waals surface area contributed by atoms with Crippen LogP contribution in [0.15, 0.2) is 0 Å². The van der Waals surface area contributed by atoms with Crippen LogP contribution in [0.4, 0.5) is 0 Å². The highest BCUT2D eigenvalue weighted by Crippen LogP contribution is 2.25. The van der Waals surface area contributed by atoms with Crippen molar-refractivity contribution in [3.05, 3.63) is 0 Å². The number of piperidine rings is 1. The van der Waals surface area contributed by atoms with Gasteiger partial charge in [0.1, 0.15) is 0 Å². The summed E-state index contributed by atoms with van der Waals surface area (Å²) in [6.45, 7) is 11.3. The second kappa shape index (κ2) is 4.74. The van der Waals surface area contributed by atoms with Crippen LogP contribution in [0.3, 0.4) is 0 Å². The number of carbonyl (C=O) groups excluding carboxylic acids is 1. The molecule has 16 heavy (non-hydrogen) atoms. The fourth-order valence-corrected chi connectivity index (χ4v) is 2.14. The number of nitrogens with two attached hydrogens (primary N) is 1. The topological polar surface area (TPSA) is 46.3 Å². The summed E-state index contributed by atoms with van der Waals surface area (Å²) in [5.41, 5.74) is 5.89. The molecule has 0 radical (unpaired) electrons. The zero-order valence-corrected chi connectivity index (χ0v) is 11.3. The Kier molecular flexibility index (Phi) is 4.00. The Morgan fingerprint density at radius 2 is 1.88 bits per heavy atom. The lowest BCUT2D eigenvalue weighted by Crippen LogP contribution is -2.55. The van der Waals surface area contributed by atoms with Gasteiger partial charge in [0.05, 0.1) is 6.04 Å². The van der Waals surface area contributed by atoms with Crippen molar-refractivity contribution in [1.82, 2.24) is 4.90 Å². The van der Waals surface area contributed by atoms with E-state index in [1.807, 2.05) is 25.7 Å². The molecule has 0 aromatic heterocycles. The molecule has 3 heteroatoms. The highest BCUT2D eigenvalue weighted by Gasteiger charge is 2.35. The van der Waals surface area contributed by atoms with Gasteiger partial charge in [-0.15, -0.1) is 0 Å². The molecular formula is C13H26N2O. The molecule has 3 atom stereocenters. The van der Waals surface area contributed by atoms with Crippen LogP contribution in [-0.4, -0.2) is 29.4 Å². The summed E-state index contributed by atoms with van der Waals surface area (Å²) in [6.07, 6.45) is 2.32. The van der Waals surface area contributed by atoms with E-state index in [0.717, 1.165) is 13.0 Å². The van der Waals surface area contributed by atoms with Gasteiger partial charge in [-0.1, -0.05) is 27.7 Å². The van der Waals surface area contributed by atoms with E-state index in [-0.39, 0.29) is 17.4 Å². The Balaban J connectivity index is 2.72. The predicted molar refractivity (Wildman–Crippen MR) is 67.0 cm³/mol. The Bertz CT molecular complexity index is 257. The summed E-state index contributed by atoms with van der Waals surface area (Å²) >= 11 is 0. The maximum absolute atomic E-state index is 12.3. The van der Waals surface area contributed by atoms with E-state index in [1.165, 1.54) is 6.42 Å². The van der Waals surface area contributed by atoms with Crippen molar-refractivity contribution in [2.75, 3.05) is 6.54 Å². The first-order chi connectivity index (χ1) is 7.23. The zero-order valence-electron chi connectivity index (χ0n) is 11.3. The van der Waals surface area contributed by atoms with E-state index in [1.54, 1.807) is 0 Å². The Morgan fingerprint density at radius 3 is 2.38 bits per heavy atom. The minimum absolute atomic E-state index is 0.117. The molecule has 2 N–H and O–H groups in total. The Labute approximate surface area is 99.4 Å². The van der Waals surface area contributed by atoms with Crippen molar-refractivity contribution in [2.24, 2.45) is 17.1 Å². The molecule has 0 aromatic rings. The van der Waals surface area contributed by atoms with Crippen LogP contribution in [-0.2, 0) is 4.79 Å². The van der Waals surface area contributed by atoms with Crippen molar-refractivity contribution in [1.29, 1.82) is 0 Å². The van der Waals surface area contributed by atoms with E-state index < -0.39 is 0 Å². The lowest BCUT2D eigenvalue weighted by atomic mass is 9.85. The summed E-state index contributed by atoms with van der Waals surface area (Å²) in [5.74, 6) is 0.721. The molecule has 0 bridgehead atoms. The standard InChI is InChI=1S/C13H26N2O/c1-9-6-7-10(2)15(8-9)12(16)11(14)13(3,4)5/h9-11H,6-8,14H2,1-5H3/t9?,10?,11-/m1/s1. The van der Waals surface area contributed by atoms with Gasteiger partial charge in [0.15, 0.2) is 0 Å². The molecule has 0 aliphatic carbocycles. The fraction of sp³-hybridized carbons (Fsp3) is 0.923. The second-order valence-electron chi connectivity index (χ2n) is 6.37. The minimum Gasteiger partial charge on any atom is -0.338 e. The molecule has 1 saturated heterocycles. The molecule has 1 amide bonds. The Morgan fingerprint density at radius 1 is 1.31 bits per heavy atom. The van der Waals surface area contributed by atoms with E-state index in [0.29, 0.717) is 12.0 Å². The third-order valence-electron chi connectivity index (χ3n) is 3.60. The van der Waals surface area contributed by atoms with Gasteiger partial charge in [-0.05, 0) is 31.1 Å². The third kappa shape index (κ3) is 2.97. The minimum atomic E-state index is -0.389. The van der Waals surface area contributed by atoms with Gasteiger partial charge in [0.25, 0.3) is 0 Å². The van der Waals surface area contributed by atoms with Crippen LogP contribution in [0.25, 0.3) is 0 Å². The number of hydrogen-bond acceptors (Lipinski definition) is 2. The van der Waals surface area contributed by atoms with Crippen LogP contribution in [0.2, 0.25) is 0 Å². The number of amides is 1. The lowest BCUT2D eigenvalue weighted by Gasteiger charge is -2.40. The van der Waals surface area contributed by atoms with Crippen molar-refractivity contribution in [3.63, 3.8) is 0 Å². The zero-order chi connectivity index (χ0) is 12.5. The highest BCUT2D eigenvalue weighted by molar-refractivity contribution is 5.82. The second-order valence-corrected chi connectivity index (χ2v) is 6.37. The summed E-state index contributed by atoms with van der Waals surface area (Å²) in [7, 11) is 0. The third-order valence-corrected chi connectivity index (χ3v) is 3.60. The van der Waals surface area contributed by atoms with Crippen LogP contribution in [0, 0.1) is 11.3 Å². The number of nitrogens with zero attached hydrogens (tertiary/aromatic N) is 1. The van der Waals surface area contributed by atoms with Crippen LogP contribution in [0.1, 0.15) is 47.5 Å². The number of carbonyl (C=O) groups is 1. The van der Waals surface area contributed by atoms with E-state index >= 15 is 0 Å². The summed E-state index contributed by atoms with van der Waals surface area (Å²) in [6, 6.07) is -0.0441. The van der Waals surface area contributed by atoms with Crippen LogP contribution >= 0.6 is 0 Å². The first-order valence-electron chi connectivity index (χ1n) is 6.29. The van der Waals surface area contributed by atoms with E-state index in [4.69, 9.17) is 5.73 Å². The molecule has 1 aliphatic rings. The van der Waals surface area contributed by atoms with Gasteiger partial charge >= 0.3 is 0 Å². The van der Waals surface area contributed by atoms with Gasteiger partial charge in [-0.25, -0.2) is 0 Å². The summed E-state index contributed by atoms with van der Waals surface area (Å²) in [4.78, 5) is 14.3. The molecular weight excluding hydrogens is 200 g/mol. The van der Waals surface area contributed by atoms with Gasteiger partial charge in [-0.2, -0.15) is 0 Å². The van der Waals surface area contributed by atoms with Gasteiger partial charge in [-0.3, -0.25) is 4.79 Å². The molecule has 1 heterocycles. The van der Waals surface area contributed by atoms with Crippen molar-refractivity contribution in [2.45, 2.75) is 59.5 Å². The van der Waals surface area contributed by atoms with Gasteiger partial charge < -0.3 is 10.6 Å². The largest absolute Gasteiger partial charge is 0.338 e. The van der Waals surface area contributed by atoms with E-state index in [2.05, 4.69) is 13.8 Å². The van der Waals surface area contributed by atoms with Crippen molar-refractivity contribution >= 4 is 5.91 Å². The molecule has 2 unspecified atom stereocenters. The normalized spacial score (nSPS) is 29.0. The smallest absolute Gasteiger partial charge is 0.240 e. The van der Waals surface area contributed by atoms with Crippen LogP contribution in [0.5, 0.6) is 0 Å². The molecule has 1 rings (SSSR count). The summed E-state index contributed by atoms with van der Waals surface area (Å²) < 4.78 is 0. The molecule has 94 valence electrons. The van der Waals surface area contributed by atoms with Crippen LogP contribution < -0.4 is 5.73 Å². The predicted octanol–water partition coefficient (Wildman–Crippen LogP) is 2.01.